The van der Waals surface area contributed by atoms with E-state index in [0.29, 0.717) is 12.8 Å². The van der Waals surface area contributed by atoms with Crippen LogP contribution in [0.3, 0.4) is 0 Å². The van der Waals surface area contributed by atoms with Crippen molar-refractivity contribution < 1.29 is 19.4 Å². The van der Waals surface area contributed by atoms with E-state index in [1.165, 1.54) is 6.20 Å². The van der Waals surface area contributed by atoms with E-state index in [-0.39, 0.29) is 29.2 Å². The van der Waals surface area contributed by atoms with Gasteiger partial charge in [0, 0.05) is 38.0 Å². The standard InChI is InChI=1S/C18H26N4O4/c23-14-11-12(10-13(14)21-16(24)15-19-5-6-20-15)17(25)22-7-3-18(4-8-22)2-1-9-26-18/h5-6,12-14,23H,1-4,7-11H2,(H,19,20)(H,21,24)/t12-,13-,14-/m0/s1. The van der Waals surface area contributed by atoms with Crippen molar-refractivity contribution in [1.29, 1.82) is 0 Å². The highest BCUT2D eigenvalue weighted by molar-refractivity contribution is 5.90. The summed E-state index contributed by atoms with van der Waals surface area (Å²) in [4.78, 5) is 33.5. The van der Waals surface area contributed by atoms with E-state index in [2.05, 4.69) is 15.3 Å². The van der Waals surface area contributed by atoms with Crippen LogP contribution in [0.15, 0.2) is 12.4 Å². The smallest absolute Gasteiger partial charge is 0.287 e. The van der Waals surface area contributed by atoms with E-state index in [9.17, 15) is 14.7 Å². The van der Waals surface area contributed by atoms with Crippen molar-refractivity contribution in [2.45, 2.75) is 56.3 Å². The Hall–Kier alpha value is -1.93. The molecule has 1 saturated carbocycles. The van der Waals surface area contributed by atoms with Crippen molar-refractivity contribution in [1.82, 2.24) is 20.2 Å². The van der Waals surface area contributed by atoms with Crippen molar-refractivity contribution in [2.75, 3.05) is 19.7 Å². The zero-order valence-corrected chi connectivity index (χ0v) is 14.8. The number of carbonyl (C=O) groups excluding carboxylic acids is 2. The monoisotopic (exact) mass is 362 g/mol. The summed E-state index contributed by atoms with van der Waals surface area (Å²) >= 11 is 0. The molecule has 1 aromatic rings. The molecule has 4 rings (SSSR count). The third kappa shape index (κ3) is 3.35. The van der Waals surface area contributed by atoms with Gasteiger partial charge in [0.2, 0.25) is 5.91 Å². The Bertz CT molecular complexity index is 646. The van der Waals surface area contributed by atoms with Gasteiger partial charge in [-0.1, -0.05) is 0 Å². The maximum Gasteiger partial charge on any atom is 0.287 e. The fourth-order valence-electron chi connectivity index (χ4n) is 4.54. The van der Waals surface area contributed by atoms with Gasteiger partial charge >= 0.3 is 0 Å². The molecule has 0 aromatic carbocycles. The zero-order valence-electron chi connectivity index (χ0n) is 14.8. The second-order valence-electron chi connectivity index (χ2n) is 7.71. The first-order valence-corrected chi connectivity index (χ1v) is 9.47. The summed E-state index contributed by atoms with van der Waals surface area (Å²) in [6.07, 6.45) is 7.21. The lowest BCUT2D eigenvalue weighted by molar-refractivity contribution is -0.140. The van der Waals surface area contributed by atoms with Gasteiger partial charge in [0.1, 0.15) is 0 Å². The number of likely N-dealkylation sites (tertiary alicyclic amines) is 1. The number of H-pyrrole nitrogens is 1. The van der Waals surface area contributed by atoms with Crippen molar-refractivity contribution in [3.63, 3.8) is 0 Å². The van der Waals surface area contributed by atoms with Crippen molar-refractivity contribution in [3.05, 3.63) is 18.2 Å². The lowest BCUT2D eigenvalue weighted by Crippen LogP contribution is -2.48. The summed E-state index contributed by atoms with van der Waals surface area (Å²) in [5.41, 5.74) is -0.00841. The number of aliphatic hydroxyl groups excluding tert-OH is 1. The van der Waals surface area contributed by atoms with Crippen molar-refractivity contribution >= 4 is 11.8 Å². The first-order valence-electron chi connectivity index (χ1n) is 9.47. The molecule has 3 fully saturated rings. The zero-order chi connectivity index (χ0) is 18.1. The molecule has 0 unspecified atom stereocenters. The van der Waals surface area contributed by atoms with Crippen LogP contribution in [0.4, 0.5) is 0 Å². The van der Waals surface area contributed by atoms with Crippen LogP contribution in [0.5, 0.6) is 0 Å². The number of hydrogen-bond acceptors (Lipinski definition) is 5. The fraction of sp³-hybridized carbons (Fsp3) is 0.722. The molecule has 3 N–H and O–H groups in total. The molecule has 8 heteroatoms. The van der Waals surface area contributed by atoms with Gasteiger partial charge in [0.15, 0.2) is 5.82 Å². The lowest BCUT2D eigenvalue weighted by atomic mass is 9.88. The van der Waals surface area contributed by atoms with Crippen LogP contribution < -0.4 is 5.32 Å². The molecular weight excluding hydrogens is 336 g/mol. The van der Waals surface area contributed by atoms with Crippen molar-refractivity contribution in [2.24, 2.45) is 5.92 Å². The number of aliphatic hydroxyl groups is 1. The number of aromatic nitrogens is 2. The van der Waals surface area contributed by atoms with Crippen LogP contribution in [0, 0.1) is 5.92 Å². The van der Waals surface area contributed by atoms with Crippen LogP contribution in [-0.4, -0.2) is 69.2 Å². The van der Waals surface area contributed by atoms with Crippen LogP contribution in [-0.2, 0) is 9.53 Å². The molecule has 1 aromatic heterocycles. The Morgan fingerprint density at radius 2 is 2.12 bits per heavy atom. The molecule has 2 amide bonds. The molecule has 1 aliphatic carbocycles. The van der Waals surface area contributed by atoms with Gasteiger partial charge in [-0.15, -0.1) is 0 Å². The Balaban J connectivity index is 1.31. The van der Waals surface area contributed by atoms with Crippen LogP contribution >= 0.6 is 0 Å². The van der Waals surface area contributed by atoms with E-state index in [4.69, 9.17) is 4.74 Å². The minimum absolute atomic E-state index is 0.00841. The maximum absolute atomic E-state index is 12.9. The lowest BCUT2D eigenvalue weighted by Gasteiger charge is -2.39. The Morgan fingerprint density at radius 3 is 2.77 bits per heavy atom. The van der Waals surface area contributed by atoms with Gasteiger partial charge in [-0.3, -0.25) is 9.59 Å². The van der Waals surface area contributed by atoms with Gasteiger partial charge in [-0.25, -0.2) is 4.98 Å². The minimum atomic E-state index is -0.711. The Morgan fingerprint density at radius 1 is 1.31 bits per heavy atom. The van der Waals surface area contributed by atoms with E-state index in [1.807, 2.05) is 4.90 Å². The van der Waals surface area contributed by atoms with Gasteiger partial charge in [-0.05, 0) is 38.5 Å². The predicted molar refractivity (Wildman–Crippen MR) is 92.3 cm³/mol. The molecule has 3 aliphatic rings. The number of rotatable bonds is 3. The largest absolute Gasteiger partial charge is 0.391 e. The average Bonchev–Trinajstić information content (AvgIpc) is 3.38. The first kappa shape index (κ1) is 17.5. The number of carbonyl (C=O) groups is 2. The van der Waals surface area contributed by atoms with Gasteiger partial charge in [0.25, 0.3) is 5.91 Å². The summed E-state index contributed by atoms with van der Waals surface area (Å²) in [5.74, 6) is -0.299. The SMILES string of the molecule is O=C(N[C@H]1C[C@H](C(=O)N2CCC3(CCCO3)CC2)C[C@@H]1O)c1ncc[nH]1. The van der Waals surface area contributed by atoms with Gasteiger partial charge < -0.3 is 25.0 Å². The summed E-state index contributed by atoms with van der Waals surface area (Å²) < 4.78 is 5.91. The van der Waals surface area contributed by atoms with Crippen LogP contribution in [0.2, 0.25) is 0 Å². The normalized spacial score (nSPS) is 30.7. The minimum Gasteiger partial charge on any atom is -0.391 e. The molecule has 2 saturated heterocycles. The highest BCUT2D eigenvalue weighted by Gasteiger charge is 2.43. The van der Waals surface area contributed by atoms with Crippen LogP contribution in [0.1, 0.15) is 49.1 Å². The number of amides is 2. The number of piperidine rings is 1. The first-order chi connectivity index (χ1) is 12.6. The van der Waals surface area contributed by atoms with Crippen molar-refractivity contribution in [3.8, 4) is 0 Å². The third-order valence-corrected chi connectivity index (χ3v) is 6.08. The number of hydrogen-bond donors (Lipinski definition) is 3. The number of aromatic amines is 1. The summed E-state index contributed by atoms with van der Waals surface area (Å²) in [5, 5.41) is 13.1. The molecule has 8 nitrogen and oxygen atoms in total. The van der Waals surface area contributed by atoms with E-state index in [0.717, 1.165) is 45.4 Å². The fourth-order valence-corrected chi connectivity index (χ4v) is 4.54. The Kier molecular flexibility index (Phi) is 4.71. The maximum atomic E-state index is 12.9. The molecule has 1 spiro atoms. The molecule has 0 bridgehead atoms. The number of imidazole rings is 1. The molecule has 26 heavy (non-hydrogen) atoms. The Labute approximate surface area is 152 Å². The van der Waals surface area contributed by atoms with E-state index < -0.39 is 12.1 Å². The van der Waals surface area contributed by atoms with Gasteiger partial charge in [-0.2, -0.15) is 0 Å². The predicted octanol–water partition coefficient (Wildman–Crippen LogP) is 0.451. The molecule has 3 heterocycles. The second-order valence-corrected chi connectivity index (χ2v) is 7.71. The molecule has 3 atom stereocenters. The summed E-state index contributed by atoms with van der Waals surface area (Å²) in [6, 6.07) is -0.421. The molecule has 142 valence electrons. The summed E-state index contributed by atoms with van der Waals surface area (Å²) in [6.45, 7) is 2.27. The van der Waals surface area contributed by atoms with E-state index >= 15 is 0 Å². The quantitative estimate of drug-likeness (QED) is 0.724. The second kappa shape index (κ2) is 7.00. The topological polar surface area (TPSA) is 108 Å². The van der Waals surface area contributed by atoms with E-state index in [1.54, 1.807) is 6.20 Å². The van der Waals surface area contributed by atoms with Crippen LogP contribution in [0.25, 0.3) is 0 Å². The number of nitrogens with zero attached hydrogens (tertiary/aromatic N) is 2. The third-order valence-electron chi connectivity index (χ3n) is 6.08. The van der Waals surface area contributed by atoms with Gasteiger partial charge in [0.05, 0.1) is 17.7 Å². The molecular formula is C18H26N4O4. The number of nitrogens with one attached hydrogen (secondary N) is 2. The molecule has 2 aliphatic heterocycles. The number of ether oxygens (including phenoxy) is 1. The molecule has 0 radical (unpaired) electrons. The highest BCUT2D eigenvalue weighted by atomic mass is 16.5. The highest BCUT2D eigenvalue weighted by Crippen LogP contribution is 2.37. The average molecular weight is 362 g/mol. The summed E-state index contributed by atoms with van der Waals surface area (Å²) in [7, 11) is 0.